The fourth-order valence-electron chi connectivity index (χ4n) is 2.97. The van der Waals surface area contributed by atoms with Gasteiger partial charge in [-0.2, -0.15) is 5.26 Å². The van der Waals surface area contributed by atoms with E-state index in [1.807, 2.05) is 24.3 Å². The zero-order chi connectivity index (χ0) is 21.2. The van der Waals surface area contributed by atoms with Crippen LogP contribution in [0.5, 0.6) is 17.2 Å². The van der Waals surface area contributed by atoms with Crippen molar-refractivity contribution in [3.05, 3.63) is 53.1 Å². The Labute approximate surface area is 172 Å². The van der Waals surface area contributed by atoms with Crippen LogP contribution in [-0.4, -0.2) is 26.2 Å². The summed E-state index contributed by atoms with van der Waals surface area (Å²) in [5, 5.41) is 11.2. The summed E-state index contributed by atoms with van der Waals surface area (Å²) in [5.74, 6) is 2.19. The van der Waals surface area contributed by atoms with Crippen molar-refractivity contribution in [2.45, 2.75) is 39.7 Å². The Morgan fingerprint density at radius 1 is 1.10 bits per heavy atom. The summed E-state index contributed by atoms with van der Waals surface area (Å²) in [6, 6.07) is 13.4. The number of nitriles is 1. The minimum atomic E-state index is -0.305. The van der Waals surface area contributed by atoms with Crippen LogP contribution in [0.4, 0.5) is 0 Å². The van der Waals surface area contributed by atoms with Crippen molar-refractivity contribution < 1.29 is 19.0 Å². The molecule has 1 N–H and O–H groups in total. The van der Waals surface area contributed by atoms with E-state index in [0.29, 0.717) is 37.2 Å². The van der Waals surface area contributed by atoms with Crippen molar-refractivity contribution in [2.24, 2.45) is 0 Å². The van der Waals surface area contributed by atoms with E-state index in [2.05, 4.69) is 32.2 Å². The number of hydrogen-bond acceptors (Lipinski definition) is 5. The summed E-state index contributed by atoms with van der Waals surface area (Å²) >= 11 is 0. The molecule has 0 fully saturated rings. The maximum atomic E-state index is 11.4. The van der Waals surface area contributed by atoms with Crippen molar-refractivity contribution in [2.75, 3.05) is 20.3 Å². The molecule has 0 heterocycles. The van der Waals surface area contributed by atoms with Gasteiger partial charge in [0.15, 0.2) is 11.5 Å². The number of nitrogens with one attached hydrogen (secondary N) is 1. The van der Waals surface area contributed by atoms with Gasteiger partial charge in [-0.05, 0) is 53.8 Å². The molecule has 2 aromatic rings. The lowest BCUT2D eigenvalue weighted by atomic mass is 9.98. The average molecular weight is 396 g/mol. The molecule has 0 saturated carbocycles. The third kappa shape index (κ3) is 6.72. The Bertz CT molecular complexity index is 872. The Morgan fingerprint density at radius 2 is 1.86 bits per heavy atom. The van der Waals surface area contributed by atoms with E-state index in [9.17, 15) is 4.79 Å². The van der Waals surface area contributed by atoms with Crippen LogP contribution < -0.4 is 19.5 Å². The summed E-state index contributed by atoms with van der Waals surface area (Å²) in [4.78, 5) is 11.4. The molecular weight excluding hydrogens is 368 g/mol. The first-order valence-corrected chi connectivity index (χ1v) is 9.61. The molecule has 0 aliphatic heterocycles. The van der Waals surface area contributed by atoms with Gasteiger partial charge in [-0.3, -0.25) is 4.79 Å². The second kappa shape index (κ2) is 11.0. The SMILES string of the molecule is COc1cc(CNC(=O)CC#N)ccc1OCCOc1ccc(C(C)C)c(C)c1. The molecule has 6 heteroatoms. The summed E-state index contributed by atoms with van der Waals surface area (Å²) in [7, 11) is 1.57. The third-order valence-corrected chi connectivity index (χ3v) is 4.43. The lowest BCUT2D eigenvalue weighted by molar-refractivity contribution is -0.120. The second-order valence-electron chi connectivity index (χ2n) is 6.97. The molecule has 154 valence electrons. The molecule has 0 aromatic heterocycles. The Hall–Kier alpha value is -3.20. The van der Waals surface area contributed by atoms with E-state index in [0.717, 1.165) is 11.3 Å². The largest absolute Gasteiger partial charge is 0.493 e. The maximum absolute atomic E-state index is 11.4. The molecule has 0 unspecified atom stereocenters. The molecule has 0 bridgehead atoms. The first-order valence-electron chi connectivity index (χ1n) is 9.61. The van der Waals surface area contributed by atoms with Gasteiger partial charge < -0.3 is 19.5 Å². The molecule has 0 atom stereocenters. The molecule has 1 amide bonds. The number of methoxy groups -OCH3 is 1. The highest BCUT2D eigenvalue weighted by Gasteiger charge is 2.08. The minimum absolute atomic E-state index is 0.155. The van der Waals surface area contributed by atoms with Gasteiger partial charge in [-0.1, -0.05) is 26.0 Å². The number of hydrogen-bond donors (Lipinski definition) is 1. The van der Waals surface area contributed by atoms with E-state index in [-0.39, 0.29) is 12.3 Å². The molecule has 2 aromatic carbocycles. The summed E-state index contributed by atoms with van der Waals surface area (Å²) in [6.07, 6.45) is -0.155. The topological polar surface area (TPSA) is 80.6 Å². The maximum Gasteiger partial charge on any atom is 0.234 e. The molecule has 0 spiro atoms. The van der Waals surface area contributed by atoms with Gasteiger partial charge in [-0.15, -0.1) is 0 Å². The van der Waals surface area contributed by atoms with E-state index in [4.69, 9.17) is 19.5 Å². The van der Waals surface area contributed by atoms with Gasteiger partial charge in [0.25, 0.3) is 0 Å². The van der Waals surface area contributed by atoms with Crippen LogP contribution >= 0.6 is 0 Å². The van der Waals surface area contributed by atoms with Crippen molar-refractivity contribution in [3.8, 4) is 23.3 Å². The fourth-order valence-corrected chi connectivity index (χ4v) is 2.97. The highest BCUT2D eigenvalue weighted by Crippen LogP contribution is 2.28. The van der Waals surface area contributed by atoms with Crippen molar-refractivity contribution in [1.29, 1.82) is 5.26 Å². The first kappa shape index (κ1) is 22.1. The predicted molar refractivity (Wildman–Crippen MR) is 111 cm³/mol. The van der Waals surface area contributed by atoms with Gasteiger partial charge in [-0.25, -0.2) is 0 Å². The van der Waals surface area contributed by atoms with Gasteiger partial charge in [0.2, 0.25) is 5.91 Å². The molecule has 0 radical (unpaired) electrons. The van der Waals surface area contributed by atoms with Crippen LogP contribution in [0.25, 0.3) is 0 Å². The van der Waals surface area contributed by atoms with E-state index < -0.39 is 0 Å². The molecule has 6 nitrogen and oxygen atoms in total. The van der Waals surface area contributed by atoms with Crippen LogP contribution in [0.15, 0.2) is 36.4 Å². The number of carbonyl (C=O) groups is 1. The highest BCUT2D eigenvalue weighted by atomic mass is 16.5. The predicted octanol–water partition coefficient (Wildman–Crippen LogP) is 4.11. The Kier molecular flexibility index (Phi) is 8.35. The van der Waals surface area contributed by atoms with Crippen LogP contribution in [-0.2, 0) is 11.3 Å². The quantitative estimate of drug-likeness (QED) is 0.611. The van der Waals surface area contributed by atoms with Gasteiger partial charge in [0.1, 0.15) is 25.4 Å². The van der Waals surface area contributed by atoms with Crippen molar-refractivity contribution in [1.82, 2.24) is 5.32 Å². The normalized spacial score (nSPS) is 10.3. The van der Waals surface area contributed by atoms with E-state index in [1.54, 1.807) is 19.2 Å². The zero-order valence-electron chi connectivity index (χ0n) is 17.5. The lowest BCUT2D eigenvalue weighted by Crippen LogP contribution is -2.21. The Morgan fingerprint density at radius 3 is 2.52 bits per heavy atom. The van der Waals surface area contributed by atoms with Crippen LogP contribution in [0.2, 0.25) is 0 Å². The fraction of sp³-hybridized carbons (Fsp3) is 0.391. The summed E-state index contributed by atoms with van der Waals surface area (Å²) in [6.45, 7) is 7.56. The number of amides is 1. The molecule has 0 saturated heterocycles. The number of ether oxygens (including phenoxy) is 3. The molecule has 29 heavy (non-hydrogen) atoms. The first-order chi connectivity index (χ1) is 13.9. The van der Waals surface area contributed by atoms with E-state index in [1.165, 1.54) is 11.1 Å². The summed E-state index contributed by atoms with van der Waals surface area (Å²) in [5.41, 5.74) is 3.40. The van der Waals surface area contributed by atoms with Crippen LogP contribution in [0.1, 0.15) is 42.9 Å². The average Bonchev–Trinajstić information content (AvgIpc) is 2.70. The van der Waals surface area contributed by atoms with Crippen LogP contribution in [0, 0.1) is 18.3 Å². The lowest BCUT2D eigenvalue weighted by Gasteiger charge is -2.14. The van der Waals surface area contributed by atoms with E-state index >= 15 is 0 Å². The van der Waals surface area contributed by atoms with Crippen molar-refractivity contribution in [3.63, 3.8) is 0 Å². The highest BCUT2D eigenvalue weighted by molar-refractivity contribution is 5.77. The molecule has 2 rings (SSSR count). The Balaban J connectivity index is 1.86. The zero-order valence-corrected chi connectivity index (χ0v) is 17.5. The standard InChI is InChI=1S/C23H28N2O4/c1-16(2)20-7-6-19(13-17(20)3)28-11-12-29-21-8-5-18(14-22(21)27-4)15-25-23(26)9-10-24/h5-8,13-14,16H,9,11-12,15H2,1-4H3,(H,25,26). The number of aryl methyl sites for hydroxylation is 1. The third-order valence-electron chi connectivity index (χ3n) is 4.43. The van der Waals surface area contributed by atoms with Crippen molar-refractivity contribution >= 4 is 5.91 Å². The smallest absolute Gasteiger partial charge is 0.234 e. The van der Waals surface area contributed by atoms with Gasteiger partial charge >= 0.3 is 0 Å². The second-order valence-corrected chi connectivity index (χ2v) is 6.97. The van der Waals surface area contributed by atoms with Gasteiger partial charge in [0, 0.05) is 6.54 Å². The molecule has 0 aliphatic carbocycles. The number of benzene rings is 2. The number of rotatable bonds is 10. The number of carbonyl (C=O) groups excluding carboxylic acids is 1. The molecule has 0 aliphatic rings. The summed E-state index contributed by atoms with van der Waals surface area (Å²) < 4.78 is 16.9. The monoisotopic (exact) mass is 396 g/mol. The minimum Gasteiger partial charge on any atom is -0.493 e. The molecular formula is C23H28N2O4. The van der Waals surface area contributed by atoms with Crippen LogP contribution in [0.3, 0.4) is 0 Å². The number of nitrogens with zero attached hydrogens (tertiary/aromatic N) is 1. The van der Waals surface area contributed by atoms with Gasteiger partial charge in [0.05, 0.1) is 13.2 Å².